The summed E-state index contributed by atoms with van der Waals surface area (Å²) in [7, 11) is 0. The lowest BCUT2D eigenvalue weighted by molar-refractivity contribution is 0.0519. The summed E-state index contributed by atoms with van der Waals surface area (Å²) in [5, 5.41) is 4.39. The Bertz CT molecular complexity index is 1170. The molecule has 4 aromatic rings. The molecule has 7 heteroatoms. The monoisotopic (exact) mass is 422 g/mol. The first-order valence-electron chi connectivity index (χ1n) is 9.36. The standard InChI is InChI=1S/C23H19FN2O3S/c1-3-28-23(27)19-14-20(15-6-8-16(9-7-15)21-5-4-12-29-21)26(25-19)17-10-11-22(30-2)18(24)13-17/h4-14H,3H2,1-2H3. The van der Waals surface area contributed by atoms with E-state index in [1.165, 1.54) is 17.8 Å². The van der Waals surface area contributed by atoms with Crippen LogP contribution in [0.5, 0.6) is 0 Å². The average Bonchev–Trinajstić information content (AvgIpc) is 3.44. The molecule has 0 N–H and O–H groups in total. The number of nitrogens with zero attached hydrogens (tertiary/aromatic N) is 2. The fourth-order valence-corrected chi connectivity index (χ4v) is 3.58. The van der Waals surface area contributed by atoms with Gasteiger partial charge in [-0.1, -0.05) is 24.3 Å². The molecule has 0 fully saturated rings. The van der Waals surface area contributed by atoms with Crippen molar-refractivity contribution in [3.63, 3.8) is 0 Å². The van der Waals surface area contributed by atoms with Gasteiger partial charge in [0.1, 0.15) is 11.6 Å². The molecule has 2 aromatic carbocycles. The Labute approximate surface area is 177 Å². The Kier molecular flexibility index (Phi) is 5.72. The number of aromatic nitrogens is 2. The maximum atomic E-state index is 14.4. The van der Waals surface area contributed by atoms with Gasteiger partial charge in [-0.15, -0.1) is 11.8 Å². The highest BCUT2D eigenvalue weighted by Gasteiger charge is 2.18. The summed E-state index contributed by atoms with van der Waals surface area (Å²) in [4.78, 5) is 12.8. The summed E-state index contributed by atoms with van der Waals surface area (Å²) in [5.74, 6) is -0.102. The smallest absolute Gasteiger partial charge is 0.358 e. The van der Waals surface area contributed by atoms with Crippen LogP contribution in [0.2, 0.25) is 0 Å². The number of hydrogen-bond acceptors (Lipinski definition) is 5. The molecule has 4 rings (SSSR count). The van der Waals surface area contributed by atoms with Crippen LogP contribution in [0.3, 0.4) is 0 Å². The van der Waals surface area contributed by atoms with Gasteiger partial charge in [0.15, 0.2) is 5.69 Å². The molecule has 0 spiro atoms. The second-order valence-corrected chi connectivity index (χ2v) is 7.27. The molecule has 0 saturated carbocycles. The minimum atomic E-state index is -0.522. The third-order valence-electron chi connectivity index (χ3n) is 4.56. The lowest BCUT2D eigenvalue weighted by Crippen LogP contribution is -2.07. The number of benzene rings is 2. The highest BCUT2D eigenvalue weighted by molar-refractivity contribution is 7.98. The lowest BCUT2D eigenvalue weighted by atomic mass is 10.1. The third kappa shape index (κ3) is 3.89. The molecule has 0 aliphatic carbocycles. The van der Waals surface area contributed by atoms with E-state index in [0.29, 0.717) is 16.3 Å². The molecule has 152 valence electrons. The second kappa shape index (κ2) is 8.59. The van der Waals surface area contributed by atoms with E-state index in [1.807, 2.05) is 42.7 Å². The van der Waals surface area contributed by atoms with E-state index < -0.39 is 5.97 Å². The zero-order chi connectivity index (χ0) is 21.1. The average molecular weight is 422 g/mol. The predicted molar refractivity (Wildman–Crippen MR) is 114 cm³/mol. The Morgan fingerprint density at radius 3 is 2.53 bits per heavy atom. The van der Waals surface area contributed by atoms with Crippen molar-refractivity contribution in [1.82, 2.24) is 9.78 Å². The van der Waals surface area contributed by atoms with Crippen molar-refractivity contribution in [3.05, 3.63) is 78.4 Å². The summed E-state index contributed by atoms with van der Waals surface area (Å²) < 4.78 is 26.5. The summed E-state index contributed by atoms with van der Waals surface area (Å²) in [6.07, 6.45) is 3.44. The summed E-state index contributed by atoms with van der Waals surface area (Å²) in [6, 6.07) is 17.9. The van der Waals surface area contributed by atoms with Crippen LogP contribution >= 0.6 is 11.8 Å². The van der Waals surface area contributed by atoms with Crippen molar-refractivity contribution in [3.8, 4) is 28.3 Å². The van der Waals surface area contributed by atoms with Gasteiger partial charge >= 0.3 is 5.97 Å². The molecular weight excluding hydrogens is 403 g/mol. The summed E-state index contributed by atoms with van der Waals surface area (Å²) >= 11 is 1.33. The molecule has 5 nitrogen and oxygen atoms in total. The molecule has 0 aliphatic heterocycles. The molecule has 2 aromatic heterocycles. The normalized spacial score (nSPS) is 10.9. The second-order valence-electron chi connectivity index (χ2n) is 6.42. The number of rotatable bonds is 6. The van der Waals surface area contributed by atoms with E-state index >= 15 is 0 Å². The van der Waals surface area contributed by atoms with Crippen molar-refractivity contribution >= 4 is 17.7 Å². The van der Waals surface area contributed by atoms with Gasteiger partial charge in [0.25, 0.3) is 0 Å². The van der Waals surface area contributed by atoms with E-state index in [4.69, 9.17) is 9.15 Å². The third-order valence-corrected chi connectivity index (χ3v) is 5.33. The Hall–Kier alpha value is -3.32. The molecule has 0 saturated heterocycles. The number of thioether (sulfide) groups is 1. The van der Waals surface area contributed by atoms with Crippen molar-refractivity contribution < 1.29 is 18.3 Å². The highest BCUT2D eigenvalue weighted by Crippen LogP contribution is 2.29. The maximum Gasteiger partial charge on any atom is 0.358 e. The van der Waals surface area contributed by atoms with Crippen LogP contribution < -0.4 is 0 Å². The van der Waals surface area contributed by atoms with E-state index in [1.54, 1.807) is 36.1 Å². The number of ether oxygens (including phenoxy) is 1. The first-order valence-corrected chi connectivity index (χ1v) is 10.6. The minimum absolute atomic E-state index is 0.163. The molecule has 0 aliphatic rings. The van der Waals surface area contributed by atoms with Crippen molar-refractivity contribution in [2.24, 2.45) is 0 Å². The van der Waals surface area contributed by atoms with Gasteiger partial charge in [-0.05, 0) is 43.5 Å². The van der Waals surface area contributed by atoms with Gasteiger partial charge < -0.3 is 9.15 Å². The Morgan fingerprint density at radius 2 is 1.90 bits per heavy atom. The summed E-state index contributed by atoms with van der Waals surface area (Å²) in [6.45, 7) is 1.98. The van der Waals surface area contributed by atoms with Gasteiger partial charge in [-0.2, -0.15) is 5.10 Å². The molecular formula is C23H19FN2O3S. The number of furan rings is 1. The van der Waals surface area contributed by atoms with Crippen LogP contribution in [-0.2, 0) is 4.74 Å². The first-order chi connectivity index (χ1) is 14.6. The van der Waals surface area contributed by atoms with Gasteiger partial charge in [0.05, 0.1) is 24.3 Å². The van der Waals surface area contributed by atoms with Crippen LogP contribution in [-0.4, -0.2) is 28.6 Å². The molecule has 0 radical (unpaired) electrons. The molecule has 30 heavy (non-hydrogen) atoms. The first kappa shape index (κ1) is 20.0. The van der Waals surface area contributed by atoms with Gasteiger partial charge in [-0.3, -0.25) is 0 Å². The van der Waals surface area contributed by atoms with Gasteiger partial charge in [-0.25, -0.2) is 13.9 Å². The quantitative estimate of drug-likeness (QED) is 0.289. The van der Waals surface area contributed by atoms with E-state index in [0.717, 1.165) is 16.9 Å². The van der Waals surface area contributed by atoms with Crippen LogP contribution in [0, 0.1) is 5.82 Å². The predicted octanol–water partition coefficient (Wildman–Crippen LogP) is 5.84. The molecule has 0 amide bonds. The van der Waals surface area contributed by atoms with Crippen molar-refractivity contribution in [2.75, 3.05) is 12.9 Å². The molecule has 0 atom stereocenters. The lowest BCUT2D eigenvalue weighted by Gasteiger charge is -2.09. The molecule has 2 heterocycles. The van der Waals surface area contributed by atoms with Gasteiger partial charge in [0, 0.05) is 22.1 Å². The Morgan fingerprint density at radius 1 is 1.13 bits per heavy atom. The van der Waals surface area contributed by atoms with Crippen molar-refractivity contribution in [1.29, 1.82) is 0 Å². The van der Waals surface area contributed by atoms with Crippen LogP contribution in [0.4, 0.5) is 4.39 Å². The zero-order valence-corrected chi connectivity index (χ0v) is 17.3. The number of halogens is 1. The summed E-state index contributed by atoms with van der Waals surface area (Å²) in [5.41, 5.74) is 3.08. The Balaban J connectivity index is 1.79. The van der Waals surface area contributed by atoms with Gasteiger partial charge in [0.2, 0.25) is 0 Å². The van der Waals surface area contributed by atoms with Crippen LogP contribution in [0.25, 0.3) is 28.3 Å². The topological polar surface area (TPSA) is 57.3 Å². The number of carbonyl (C=O) groups is 1. The molecule has 0 bridgehead atoms. The van der Waals surface area contributed by atoms with E-state index in [2.05, 4.69) is 5.10 Å². The van der Waals surface area contributed by atoms with Crippen molar-refractivity contribution in [2.45, 2.75) is 11.8 Å². The number of esters is 1. The van der Waals surface area contributed by atoms with E-state index in [-0.39, 0.29) is 18.1 Å². The maximum absolute atomic E-state index is 14.4. The number of hydrogen-bond donors (Lipinski definition) is 0. The molecule has 0 unspecified atom stereocenters. The van der Waals surface area contributed by atoms with E-state index in [9.17, 15) is 9.18 Å². The highest BCUT2D eigenvalue weighted by atomic mass is 32.2. The largest absolute Gasteiger partial charge is 0.464 e. The minimum Gasteiger partial charge on any atom is -0.464 e. The fourth-order valence-electron chi connectivity index (χ4n) is 3.12. The number of carbonyl (C=O) groups excluding carboxylic acids is 1. The van der Waals surface area contributed by atoms with Crippen LogP contribution in [0.1, 0.15) is 17.4 Å². The zero-order valence-electron chi connectivity index (χ0n) is 16.5. The SMILES string of the molecule is CCOC(=O)c1cc(-c2ccc(-c3ccco3)cc2)n(-c2ccc(SC)c(F)c2)n1. The van der Waals surface area contributed by atoms with Crippen LogP contribution in [0.15, 0.2) is 76.2 Å². The fraction of sp³-hybridized carbons (Fsp3) is 0.130.